The molecule has 0 radical (unpaired) electrons. The number of hydrogen-bond donors (Lipinski definition) is 1. The van der Waals surface area contributed by atoms with E-state index in [1.165, 1.54) is 11.6 Å². The smallest absolute Gasteiger partial charge is 0.417 e. The summed E-state index contributed by atoms with van der Waals surface area (Å²) in [6.45, 7) is 19.3. The molecule has 5 aliphatic carbocycles. The number of pyridine rings is 1. The number of aliphatic carboxylic acids is 1. The van der Waals surface area contributed by atoms with Crippen LogP contribution in [-0.2, 0) is 31.7 Å². The summed E-state index contributed by atoms with van der Waals surface area (Å²) >= 11 is 0. The number of Topliss-reactive ketones (excluding diaryl/α,β-unsaturated/α-hetero) is 1. The highest BCUT2D eigenvalue weighted by Crippen LogP contribution is 2.77. The normalized spacial score (nSPS) is 35.4. The third-order valence-corrected chi connectivity index (χ3v) is 16.2. The van der Waals surface area contributed by atoms with Gasteiger partial charge in [0.15, 0.2) is 5.78 Å². The van der Waals surface area contributed by atoms with Gasteiger partial charge in [-0.2, -0.15) is 13.2 Å². The molecule has 0 unspecified atom stereocenters. The molecule has 2 heterocycles. The highest BCUT2D eigenvalue weighted by Gasteiger charge is 2.70. The number of carbonyl (C=O) groups excluding carboxylic acids is 2. The number of alkyl halides is 3. The quantitative estimate of drug-likeness (QED) is 0.260. The zero-order chi connectivity index (χ0) is 41.0. The van der Waals surface area contributed by atoms with Gasteiger partial charge in [-0.25, -0.2) is 0 Å². The highest BCUT2D eigenvalue weighted by molar-refractivity contribution is 6.00. The lowest BCUT2D eigenvalue weighted by Gasteiger charge is -2.72. The minimum Gasteiger partial charge on any atom is -0.481 e. The van der Waals surface area contributed by atoms with Gasteiger partial charge in [0.1, 0.15) is 11.8 Å². The summed E-state index contributed by atoms with van der Waals surface area (Å²) in [5, 5.41) is 18.1. The van der Waals surface area contributed by atoms with Gasteiger partial charge < -0.3 is 14.3 Å². The van der Waals surface area contributed by atoms with E-state index in [2.05, 4.69) is 63.6 Å². The van der Waals surface area contributed by atoms with E-state index in [1.807, 2.05) is 0 Å². The average Bonchev–Trinajstić information content (AvgIpc) is 3.67. The highest BCUT2D eigenvalue weighted by atomic mass is 19.4. The Labute approximate surface area is 328 Å². The third kappa shape index (κ3) is 6.16. The molecule has 4 saturated carbocycles. The number of fused-ring (bicyclic) bond motifs is 7. The average molecular weight is 782 g/mol. The van der Waals surface area contributed by atoms with Gasteiger partial charge in [-0.05, 0) is 123 Å². The summed E-state index contributed by atoms with van der Waals surface area (Å²) in [6, 6.07) is 2.19. The lowest BCUT2D eigenvalue weighted by molar-refractivity contribution is -0.233. The molecule has 306 valence electrons. The van der Waals surface area contributed by atoms with Crippen LogP contribution in [0.15, 0.2) is 33.9 Å². The van der Waals surface area contributed by atoms with Gasteiger partial charge >= 0.3 is 18.1 Å². The van der Waals surface area contributed by atoms with Gasteiger partial charge in [0.05, 0.1) is 17.4 Å². The van der Waals surface area contributed by atoms with Crippen LogP contribution in [0.25, 0.3) is 11.6 Å². The van der Waals surface area contributed by atoms with E-state index >= 15 is 0 Å². The molecule has 9 nitrogen and oxygen atoms in total. The molecule has 2 aromatic heterocycles. The molecule has 1 N–H and O–H groups in total. The van der Waals surface area contributed by atoms with E-state index in [4.69, 9.17) is 9.15 Å². The Morgan fingerprint density at radius 3 is 2.29 bits per heavy atom. The maximum atomic E-state index is 14.1. The number of carbonyl (C=O) groups is 3. The van der Waals surface area contributed by atoms with Crippen molar-refractivity contribution in [3.8, 4) is 11.6 Å². The first-order valence-corrected chi connectivity index (χ1v) is 20.5. The monoisotopic (exact) mass is 781 g/mol. The second kappa shape index (κ2) is 13.2. The second-order valence-electron chi connectivity index (χ2n) is 20.3. The predicted molar refractivity (Wildman–Crippen MR) is 202 cm³/mol. The number of hydrogen-bond acceptors (Lipinski definition) is 8. The maximum absolute atomic E-state index is 14.1. The Kier molecular flexibility index (Phi) is 9.60. The van der Waals surface area contributed by atoms with Crippen molar-refractivity contribution in [2.45, 2.75) is 145 Å². The largest absolute Gasteiger partial charge is 0.481 e. The van der Waals surface area contributed by atoms with Crippen LogP contribution in [0.1, 0.15) is 138 Å². The molecule has 0 spiro atoms. The number of ether oxygens (including phenoxy) is 1. The zero-order valence-corrected chi connectivity index (χ0v) is 34.4. The number of carboxylic acid groups (broad SMARTS) is 1. The molecule has 8 atom stereocenters. The Morgan fingerprint density at radius 1 is 0.946 bits per heavy atom. The topological polar surface area (TPSA) is 132 Å². The van der Waals surface area contributed by atoms with Gasteiger partial charge in [-0.15, -0.1) is 10.2 Å². The number of carboxylic acids is 1. The molecular formula is C44H58F3N3O6. The van der Waals surface area contributed by atoms with Crippen LogP contribution in [0.5, 0.6) is 0 Å². The molecule has 0 bridgehead atoms. The molecule has 56 heavy (non-hydrogen) atoms. The van der Waals surface area contributed by atoms with Crippen molar-refractivity contribution in [2.24, 2.45) is 56.2 Å². The van der Waals surface area contributed by atoms with Gasteiger partial charge in [0.2, 0.25) is 5.89 Å². The van der Waals surface area contributed by atoms with Crippen LogP contribution < -0.4 is 0 Å². The van der Waals surface area contributed by atoms with Crippen molar-refractivity contribution in [1.82, 2.24) is 15.2 Å². The SMILES string of the molecule is CC(C)C1=C2[C@H]3CC[C@@H]4[C@@]5(C)CC[C@H](OC(=O)CC(C)(C)C(=O)O)C(C)(C)[C@@H]5CC[C@@]4(C)[C@]3(C)CC[C@@]2(Cc2nnc(-c3ccc(C(F)(F)F)cn3)o2)CC1=O. The molecule has 0 aromatic carbocycles. The van der Waals surface area contributed by atoms with Crippen molar-refractivity contribution in [2.75, 3.05) is 0 Å². The lowest BCUT2D eigenvalue weighted by atomic mass is 9.33. The minimum absolute atomic E-state index is 0.00887. The lowest BCUT2D eigenvalue weighted by Crippen LogP contribution is -2.65. The van der Waals surface area contributed by atoms with E-state index in [0.717, 1.165) is 69.2 Å². The summed E-state index contributed by atoms with van der Waals surface area (Å²) in [7, 11) is 0. The Balaban J connectivity index is 1.16. The third-order valence-electron chi connectivity index (χ3n) is 16.2. The van der Waals surface area contributed by atoms with Gasteiger partial charge in [-0.3, -0.25) is 19.4 Å². The van der Waals surface area contributed by atoms with Crippen molar-refractivity contribution >= 4 is 17.7 Å². The summed E-state index contributed by atoms with van der Waals surface area (Å²) < 4.78 is 51.8. The standard InChI is InChI=1S/C44H58F3N3O6/c1-24(2)34-28(51)20-43(21-32-49-50-36(56-32)27-12-10-25(23-48-27)44(45,46)47)19-18-41(8)26(35(34)43)11-13-30-40(7)16-15-31(55-33(52)22-38(3,4)37(53)54)39(5,6)29(40)14-17-42(30,41)9/h10,12,23-24,26,29-31H,11,13-22H2,1-9H3,(H,53,54)/t26-,29+,30-,31+,40+,41-,42-,43+/m1/s1. The fourth-order valence-corrected chi connectivity index (χ4v) is 13.2. The van der Waals surface area contributed by atoms with Crippen molar-refractivity contribution < 1.29 is 41.8 Å². The fourth-order valence-electron chi connectivity index (χ4n) is 13.2. The van der Waals surface area contributed by atoms with E-state index in [9.17, 15) is 32.7 Å². The number of allylic oxidation sites excluding steroid dienone is 2. The van der Waals surface area contributed by atoms with E-state index < -0.39 is 34.5 Å². The number of rotatable bonds is 8. The summed E-state index contributed by atoms with van der Waals surface area (Å²) in [4.78, 5) is 42.9. The molecule has 12 heteroatoms. The number of nitrogens with zero attached hydrogens (tertiary/aromatic N) is 3. The first kappa shape index (κ1) is 40.6. The zero-order valence-electron chi connectivity index (χ0n) is 34.4. The Morgan fingerprint density at radius 2 is 1.66 bits per heavy atom. The first-order chi connectivity index (χ1) is 25.9. The molecule has 0 aliphatic heterocycles. The second-order valence-corrected chi connectivity index (χ2v) is 20.3. The summed E-state index contributed by atoms with van der Waals surface area (Å²) in [6.07, 6.45) is 4.01. The number of ketones is 1. The number of halogens is 3. The van der Waals surface area contributed by atoms with Gasteiger partial charge in [0, 0.05) is 29.9 Å². The van der Waals surface area contributed by atoms with E-state index in [0.29, 0.717) is 30.6 Å². The van der Waals surface area contributed by atoms with Crippen LogP contribution in [0.3, 0.4) is 0 Å². The number of aromatic nitrogens is 3. The number of esters is 1. The van der Waals surface area contributed by atoms with E-state index in [-0.39, 0.29) is 63.4 Å². The molecule has 4 fully saturated rings. The molecule has 7 rings (SSSR count). The predicted octanol–water partition coefficient (Wildman–Crippen LogP) is 10.1. The van der Waals surface area contributed by atoms with Crippen molar-refractivity contribution in [3.05, 3.63) is 40.9 Å². The molecule has 5 aliphatic rings. The Bertz CT molecular complexity index is 1950. The van der Waals surface area contributed by atoms with Crippen LogP contribution in [-0.4, -0.2) is 44.1 Å². The van der Waals surface area contributed by atoms with Crippen LogP contribution in [0.2, 0.25) is 0 Å². The van der Waals surface area contributed by atoms with Crippen LogP contribution >= 0.6 is 0 Å². The first-order valence-electron chi connectivity index (χ1n) is 20.5. The molecule has 0 saturated heterocycles. The van der Waals surface area contributed by atoms with Gasteiger partial charge in [0.25, 0.3) is 5.89 Å². The fraction of sp³-hybridized carbons (Fsp3) is 0.727. The molecule has 2 aromatic rings. The van der Waals surface area contributed by atoms with Gasteiger partial charge in [-0.1, -0.05) is 54.0 Å². The minimum atomic E-state index is -4.50. The van der Waals surface area contributed by atoms with Crippen molar-refractivity contribution in [3.63, 3.8) is 0 Å². The van der Waals surface area contributed by atoms with Crippen molar-refractivity contribution in [1.29, 1.82) is 0 Å². The van der Waals surface area contributed by atoms with Crippen LogP contribution in [0, 0.1) is 56.2 Å². The Hall–Kier alpha value is -3.57. The van der Waals surface area contributed by atoms with E-state index in [1.54, 1.807) is 13.8 Å². The maximum Gasteiger partial charge on any atom is 0.417 e. The van der Waals surface area contributed by atoms with Crippen LogP contribution in [0.4, 0.5) is 13.2 Å². The summed E-state index contributed by atoms with van der Waals surface area (Å²) in [5.74, 6) is 0.132. The molecular weight excluding hydrogens is 723 g/mol. The molecule has 0 amide bonds. The summed E-state index contributed by atoms with van der Waals surface area (Å²) in [5.41, 5.74) is -0.505.